The summed E-state index contributed by atoms with van der Waals surface area (Å²) in [6.07, 6.45) is 0. The summed E-state index contributed by atoms with van der Waals surface area (Å²) in [6, 6.07) is 7.36. The Morgan fingerprint density at radius 1 is 1.12 bits per heavy atom. The van der Waals surface area contributed by atoms with Crippen LogP contribution in [0.1, 0.15) is 37.4 Å². The highest BCUT2D eigenvalue weighted by molar-refractivity contribution is 6.01. The molecule has 2 rings (SSSR count). The third-order valence-corrected chi connectivity index (χ3v) is 3.75. The summed E-state index contributed by atoms with van der Waals surface area (Å²) < 4.78 is 5.01. The van der Waals surface area contributed by atoms with Crippen LogP contribution in [0.25, 0.3) is 0 Å². The van der Waals surface area contributed by atoms with Gasteiger partial charge >= 0.3 is 5.97 Å². The second kappa shape index (κ2) is 7.12. The number of carbonyl (C=O) groups excluding carboxylic acids is 2. The number of anilines is 1. The number of nitrogen functional groups attached to an aromatic ring is 1. The lowest BCUT2D eigenvalue weighted by molar-refractivity contribution is -0.383. The Hall–Kier alpha value is -3.22. The molecule has 0 saturated heterocycles. The number of nitrogens with zero attached hydrogens (tertiary/aromatic N) is 1. The van der Waals surface area contributed by atoms with Gasteiger partial charge in [0, 0.05) is 11.6 Å². The van der Waals surface area contributed by atoms with Crippen LogP contribution in [0.3, 0.4) is 0 Å². The summed E-state index contributed by atoms with van der Waals surface area (Å²) in [7, 11) is 0. The van der Waals surface area contributed by atoms with Crippen molar-refractivity contribution in [1.82, 2.24) is 0 Å². The third-order valence-electron chi connectivity index (χ3n) is 3.75. The molecule has 0 aliphatic carbocycles. The van der Waals surface area contributed by atoms with E-state index in [4.69, 9.17) is 10.5 Å². The van der Waals surface area contributed by atoms with Crippen molar-refractivity contribution in [2.45, 2.75) is 20.8 Å². The van der Waals surface area contributed by atoms with Gasteiger partial charge < -0.3 is 10.5 Å². The lowest BCUT2D eigenvalue weighted by atomic mass is 9.97. The summed E-state index contributed by atoms with van der Waals surface area (Å²) in [4.78, 5) is 34.6. The van der Waals surface area contributed by atoms with Gasteiger partial charge in [-0.1, -0.05) is 17.7 Å². The van der Waals surface area contributed by atoms with Crippen molar-refractivity contribution in [3.05, 3.63) is 68.3 Å². The van der Waals surface area contributed by atoms with E-state index in [1.807, 2.05) is 32.9 Å². The fraction of sp³-hybridized carbons (Fsp3) is 0.222. The van der Waals surface area contributed by atoms with Crippen molar-refractivity contribution >= 4 is 23.1 Å². The summed E-state index contributed by atoms with van der Waals surface area (Å²) in [6.45, 7) is 5.13. The normalized spacial score (nSPS) is 10.4. The van der Waals surface area contributed by atoms with Gasteiger partial charge in [0.25, 0.3) is 5.69 Å². The Morgan fingerprint density at radius 3 is 2.28 bits per heavy atom. The zero-order chi connectivity index (χ0) is 18.7. The van der Waals surface area contributed by atoms with Crippen molar-refractivity contribution in [2.75, 3.05) is 12.3 Å². The van der Waals surface area contributed by atoms with E-state index < -0.39 is 17.5 Å². The second-order valence-electron chi connectivity index (χ2n) is 5.80. The molecule has 0 saturated carbocycles. The molecular formula is C18H18N2O5. The van der Waals surface area contributed by atoms with Crippen molar-refractivity contribution in [3.8, 4) is 0 Å². The first-order valence-electron chi connectivity index (χ1n) is 7.52. The Balaban J connectivity index is 2.14. The molecule has 0 amide bonds. The van der Waals surface area contributed by atoms with Crippen LogP contribution in [-0.4, -0.2) is 23.3 Å². The number of esters is 1. The Kier molecular flexibility index (Phi) is 5.17. The molecule has 0 aliphatic rings. The van der Waals surface area contributed by atoms with E-state index in [2.05, 4.69) is 0 Å². The molecule has 2 N–H and O–H groups in total. The highest BCUT2D eigenvalue weighted by Gasteiger charge is 2.19. The number of nitro groups is 1. The number of aryl methyl sites for hydroxylation is 3. The van der Waals surface area contributed by atoms with Gasteiger partial charge in [0.15, 0.2) is 6.61 Å². The smallest absolute Gasteiger partial charge is 0.338 e. The van der Waals surface area contributed by atoms with Crippen molar-refractivity contribution in [1.29, 1.82) is 0 Å². The van der Waals surface area contributed by atoms with Crippen LogP contribution >= 0.6 is 0 Å². The maximum absolute atomic E-state index is 12.4. The number of rotatable bonds is 5. The summed E-state index contributed by atoms with van der Waals surface area (Å²) in [5.74, 6) is -1.15. The van der Waals surface area contributed by atoms with Gasteiger partial charge in [-0.15, -0.1) is 0 Å². The SMILES string of the molecule is Cc1cc(C)c(C(=O)COC(=O)c2ccc(N)c([N+](=O)[O-])c2)c(C)c1. The minimum absolute atomic E-state index is 0.0361. The number of hydrogen-bond acceptors (Lipinski definition) is 6. The minimum atomic E-state index is -0.820. The first-order chi connectivity index (χ1) is 11.7. The first-order valence-corrected chi connectivity index (χ1v) is 7.52. The maximum atomic E-state index is 12.4. The number of nitrogens with two attached hydrogens (primary N) is 1. The molecule has 0 bridgehead atoms. The second-order valence-corrected chi connectivity index (χ2v) is 5.80. The van der Waals surface area contributed by atoms with Gasteiger partial charge in [0.2, 0.25) is 5.78 Å². The monoisotopic (exact) mass is 342 g/mol. The predicted molar refractivity (Wildman–Crippen MR) is 92.8 cm³/mol. The van der Waals surface area contributed by atoms with Crippen molar-refractivity contribution < 1.29 is 19.2 Å². The fourth-order valence-corrected chi connectivity index (χ4v) is 2.74. The van der Waals surface area contributed by atoms with Gasteiger partial charge in [-0.05, 0) is 44.0 Å². The lowest BCUT2D eigenvalue weighted by Crippen LogP contribution is -2.16. The molecule has 0 aliphatic heterocycles. The molecule has 0 heterocycles. The molecule has 7 heteroatoms. The molecule has 2 aromatic rings. The van der Waals surface area contributed by atoms with Gasteiger partial charge in [-0.2, -0.15) is 0 Å². The molecule has 0 spiro atoms. The van der Waals surface area contributed by atoms with Crippen LogP contribution in [0, 0.1) is 30.9 Å². The standard InChI is InChI=1S/C18H18N2O5/c1-10-6-11(2)17(12(3)7-10)16(21)9-25-18(22)13-4-5-14(19)15(8-13)20(23)24/h4-8H,9,19H2,1-3H3. The van der Waals surface area contributed by atoms with E-state index in [9.17, 15) is 19.7 Å². The van der Waals surface area contributed by atoms with E-state index in [0.717, 1.165) is 22.8 Å². The highest BCUT2D eigenvalue weighted by atomic mass is 16.6. The Morgan fingerprint density at radius 2 is 1.72 bits per heavy atom. The number of hydrogen-bond donors (Lipinski definition) is 1. The molecular weight excluding hydrogens is 324 g/mol. The molecule has 0 aromatic heterocycles. The number of nitro benzene ring substituents is 1. The summed E-state index contributed by atoms with van der Waals surface area (Å²) >= 11 is 0. The van der Waals surface area contributed by atoms with E-state index in [-0.39, 0.29) is 22.7 Å². The summed E-state index contributed by atoms with van der Waals surface area (Å²) in [5, 5.41) is 10.9. The molecule has 7 nitrogen and oxygen atoms in total. The number of ether oxygens (including phenoxy) is 1. The molecule has 0 unspecified atom stereocenters. The molecule has 25 heavy (non-hydrogen) atoms. The van der Waals surface area contributed by atoms with Gasteiger partial charge in [-0.25, -0.2) is 4.79 Å². The fourth-order valence-electron chi connectivity index (χ4n) is 2.74. The van der Waals surface area contributed by atoms with Crippen LogP contribution in [0.15, 0.2) is 30.3 Å². The van der Waals surface area contributed by atoms with E-state index in [1.54, 1.807) is 0 Å². The number of Topliss-reactive ketones (excluding diaryl/α,β-unsaturated/α-hetero) is 1. The minimum Gasteiger partial charge on any atom is -0.454 e. The van der Waals surface area contributed by atoms with E-state index >= 15 is 0 Å². The Bertz CT molecular complexity index is 851. The Labute approximate surface area is 144 Å². The first kappa shape index (κ1) is 18.1. The van der Waals surface area contributed by atoms with Gasteiger partial charge in [0.1, 0.15) is 5.69 Å². The molecule has 2 aromatic carbocycles. The zero-order valence-electron chi connectivity index (χ0n) is 14.2. The van der Waals surface area contributed by atoms with Crippen molar-refractivity contribution in [2.24, 2.45) is 0 Å². The quantitative estimate of drug-likeness (QED) is 0.294. The predicted octanol–water partition coefficient (Wildman–Crippen LogP) is 3.14. The average Bonchev–Trinajstić information content (AvgIpc) is 2.51. The molecule has 0 atom stereocenters. The topological polar surface area (TPSA) is 113 Å². The van der Waals surface area contributed by atoms with Gasteiger partial charge in [-0.3, -0.25) is 14.9 Å². The zero-order valence-corrected chi connectivity index (χ0v) is 14.2. The third kappa shape index (κ3) is 4.00. The largest absolute Gasteiger partial charge is 0.454 e. The maximum Gasteiger partial charge on any atom is 0.338 e. The van der Waals surface area contributed by atoms with Crippen LogP contribution < -0.4 is 5.73 Å². The molecule has 0 fully saturated rings. The summed E-state index contributed by atoms with van der Waals surface area (Å²) in [5.41, 5.74) is 8.18. The van der Waals surface area contributed by atoms with Crippen LogP contribution in [0.2, 0.25) is 0 Å². The van der Waals surface area contributed by atoms with Crippen LogP contribution in [0.4, 0.5) is 11.4 Å². The van der Waals surface area contributed by atoms with Crippen LogP contribution in [-0.2, 0) is 4.74 Å². The molecule has 0 radical (unpaired) electrons. The van der Waals surface area contributed by atoms with E-state index in [1.165, 1.54) is 12.1 Å². The van der Waals surface area contributed by atoms with E-state index in [0.29, 0.717) is 5.56 Å². The van der Waals surface area contributed by atoms with Gasteiger partial charge in [0.05, 0.1) is 10.5 Å². The van der Waals surface area contributed by atoms with Crippen molar-refractivity contribution in [3.63, 3.8) is 0 Å². The number of ketones is 1. The molecule has 130 valence electrons. The average molecular weight is 342 g/mol. The highest BCUT2D eigenvalue weighted by Crippen LogP contribution is 2.23. The number of benzene rings is 2. The van der Waals surface area contributed by atoms with Crippen LogP contribution in [0.5, 0.6) is 0 Å². The number of carbonyl (C=O) groups is 2. The lowest BCUT2D eigenvalue weighted by Gasteiger charge is -2.11.